The van der Waals surface area contributed by atoms with E-state index in [1.165, 1.54) is 0 Å². The van der Waals surface area contributed by atoms with Crippen molar-refractivity contribution < 1.29 is 17.9 Å². The predicted molar refractivity (Wildman–Crippen MR) is 72.1 cm³/mol. The lowest BCUT2D eigenvalue weighted by Crippen LogP contribution is -2.10. The van der Waals surface area contributed by atoms with Gasteiger partial charge in [-0.15, -0.1) is 11.6 Å². The van der Waals surface area contributed by atoms with Crippen LogP contribution < -0.4 is 4.74 Å². The van der Waals surface area contributed by atoms with Gasteiger partial charge < -0.3 is 4.74 Å². The number of pyridine rings is 1. The Morgan fingerprint density at radius 1 is 1.20 bits per heavy atom. The second kappa shape index (κ2) is 6.31. The molecule has 0 aliphatic rings. The minimum atomic E-state index is -4.15. The molecule has 0 amide bonds. The maximum atomic E-state index is 12.0. The molecule has 0 radical (unpaired) electrons. The van der Waals surface area contributed by atoms with Crippen LogP contribution in [-0.4, -0.2) is 17.8 Å². The Balaban J connectivity index is 2.07. The number of para-hydroxylation sites is 1. The number of halogens is 4. The van der Waals surface area contributed by atoms with E-state index >= 15 is 0 Å². The molecule has 0 bridgehead atoms. The van der Waals surface area contributed by atoms with Crippen molar-refractivity contribution in [1.82, 2.24) is 4.98 Å². The summed E-state index contributed by atoms with van der Waals surface area (Å²) >= 11 is 5.87. The molecule has 0 aliphatic carbocycles. The fraction of sp³-hybridized carbons (Fsp3) is 0.357. The summed E-state index contributed by atoms with van der Waals surface area (Å²) in [6.07, 6.45) is -5.10. The fourth-order valence-corrected chi connectivity index (χ4v) is 2.08. The Bertz CT molecular complexity index is 586. The van der Waals surface area contributed by atoms with Crippen molar-refractivity contribution in [3.63, 3.8) is 0 Å². The highest BCUT2D eigenvalue weighted by molar-refractivity contribution is 6.18. The van der Waals surface area contributed by atoms with Gasteiger partial charge in [0.1, 0.15) is 0 Å². The van der Waals surface area contributed by atoms with Gasteiger partial charge in [-0.25, -0.2) is 4.98 Å². The average molecular weight is 304 g/mol. The van der Waals surface area contributed by atoms with E-state index in [4.69, 9.17) is 16.3 Å². The van der Waals surface area contributed by atoms with E-state index < -0.39 is 12.6 Å². The molecule has 0 saturated heterocycles. The number of benzene rings is 1. The standard InChI is InChI=1S/C14H13ClF3NO/c15-9-10-8-13(20-7-3-6-14(16,17)18)19-12-5-2-1-4-11(10)12/h1-2,4-5,8H,3,6-7,9H2. The first-order chi connectivity index (χ1) is 9.49. The summed E-state index contributed by atoms with van der Waals surface area (Å²) in [6.45, 7) is -0.0213. The zero-order valence-corrected chi connectivity index (χ0v) is 11.3. The molecule has 2 rings (SSSR count). The summed E-state index contributed by atoms with van der Waals surface area (Å²) in [4.78, 5) is 4.26. The van der Waals surface area contributed by atoms with Crippen LogP contribution in [0.2, 0.25) is 0 Å². The summed E-state index contributed by atoms with van der Waals surface area (Å²) in [5.74, 6) is 0.601. The Morgan fingerprint density at radius 2 is 1.95 bits per heavy atom. The number of alkyl halides is 4. The van der Waals surface area contributed by atoms with Crippen LogP contribution in [0.25, 0.3) is 10.9 Å². The van der Waals surface area contributed by atoms with Crippen LogP contribution in [0.4, 0.5) is 13.2 Å². The van der Waals surface area contributed by atoms with Gasteiger partial charge in [-0.1, -0.05) is 18.2 Å². The minimum absolute atomic E-state index is 0.0213. The van der Waals surface area contributed by atoms with E-state index in [2.05, 4.69) is 4.98 Å². The van der Waals surface area contributed by atoms with Gasteiger partial charge in [0.15, 0.2) is 0 Å². The molecular formula is C14H13ClF3NO. The third-order valence-electron chi connectivity index (χ3n) is 2.78. The Hall–Kier alpha value is -1.49. The summed E-state index contributed by atoms with van der Waals surface area (Å²) in [6, 6.07) is 9.09. The van der Waals surface area contributed by atoms with Gasteiger partial charge in [0.2, 0.25) is 5.88 Å². The molecule has 1 heterocycles. The van der Waals surface area contributed by atoms with E-state index in [1.54, 1.807) is 6.07 Å². The van der Waals surface area contributed by atoms with Crippen molar-refractivity contribution >= 4 is 22.5 Å². The van der Waals surface area contributed by atoms with Crippen LogP contribution in [0.15, 0.2) is 30.3 Å². The lowest BCUT2D eigenvalue weighted by atomic mass is 10.1. The van der Waals surface area contributed by atoms with Crippen molar-refractivity contribution in [2.45, 2.75) is 24.9 Å². The number of ether oxygens (including phenoxy) is 1. The van der Waals surface area contributed by atoms with Crippen molar-refractivity contribution in [2.24, 2.45) is 0 Å². The van der Waals surface area contributed by atoms with E-state index in [0.29, 0.717) is 11.8 Å². The molecule has 1 aromatic carbocycles. The first-order valence-electron chi connectivity index (χ1n) is 6.14. The molecule has 2 nitrogen and oxygen atoms in total. The van der Waals surface area contributed by atoms with Crippen molar-refractivity contribution in [3.05, 3.63) is 35.9 Å². The monoisotopic (exact) mass is 303 g/mol. The summed E-state index contributed by atoms with van der Waals surface area (Å²) in [7, 11) is 0. The molecule has 0 N–H and O–H groups in total. The fourth-order valence-electron chi connectivity index (χ4n) is 1.85. The molecule has 2 aromatic rings. The highest BCUT2D eigenvalue weighted by atomic mass is 35.5. The normalized spacial score (nSPS) is 11.8. The molecule has 0 aliphatic heterocycles. The highest BCUT2D eigenvalue weighted by Gasteiger charge is 2.26. The van der Waals surface area contributed by atoms with Crippen LogP contribution in [0.1, 0.15) is 18.4 Å². The molecule has 0 atom stereocenters. The number of hydrogen-bond acceptors (Lipinski definition) is 2. The predicted octanol–water partition coefficient (Wildman–Crippen LogP) is 4.69. The van der Waals surface area contributed by atoms with Gasteiger partial charge in [0, 0.05) is 23.8 Å². The SMILES string of the molecule is FC(F)(F)CCCOc1cc(CCl)c2ccccc2n1. The Labute approximate surface area is 119 Å². The van der Waals surface area contributed by atoms with Crippen molar-refractivity contribution in [1.29, 1.82) is 0 Å². The van der Waals surface area contributed by atoms with E-state index in [9.17, 15) is 13.2 Å². The van der Waals surface area contributed by atoms with Gasteiger partial charge in [-0.3, -0.25) is 0 Å². The number of aromatic nitrogens is 1. The zero-order chi connectivity index (χ0) is 14.6. The molecule has 0 spiro atoms. The van der Waals surface area contributed by atoms with Crippen LogP contribution in [-0.2, 0) is 5.88 Å². The largest absolute Gasteiger partial charge is 0.478 e. The van der Waals surface area contributed by atoms with Crippen LogP contribution in [0.5, 0.6) is 5.88 Å². The second-order valence-corrected chi connectivity index (χ2v) is 4.60. The molecule has 0 fully saturated rings. The number of rotatable bonds is 5. The smallest absolute Gasteiger partial charge is 0.389 e. The van der Waals surface area contributed by atoms with Gasteiger partial charge in [-0.2, -0.15) is 13.2 Å². The van der Waals surface area contributed by atoms with Crippen molar-refractivity contribution in [2.75, 3.05) is 6.61 Å². The van der Waals surface area contributed by atoms with E-state index in [-0.39, 0.29) is 13.0 Å². The topological polar surface area (TPSA) is 22.1 Å². The van der Waals surface area contributed by atoms with Gasteiger partial charge >= 0.3 is 6.18 Å². The van der Waals surface area contributed by atoms with E-state index in [1.807, 2.05) is 24.3 Å². The van der Waals surface area contributed by atoms with Gasteiger partial charge in [0.05, 0.1) is 12.1 Å². The van der Waals surface area contributed by atoms with Crippen molar-refractivity contribution in [3.8, 4) is 5.88 Å². The second-order valence-electron chi connectivity index (χ2n) is 4.34. The van der Waals surface area contributed by atoms with Crippen LogP contribution in [0.3, 0.4) is 0 Å². The number of fused-ring (bicyclic) bond motifs is 1. The molecule has 0 saturated carbocycles. The van der Waals surface area contributed by atoms with Gasteiger partial charge in [-0.05, 0) is 18.1 Å². The summed E-state index contributed by atoms with van der Waals surface area (Å²) < 4.78 is 41.3. The first-order valence-corrected chi connectivity index (χ1v) is 6.67. The Morgan fingerprint density at radius 3 is 2.65 bits per heavy atom. The maximum Gasteiger partial charge on any atom is 0.389 e. The molecule has 6 heteroatoms. The Kier molecular flexibility index (Phi) is 4.70. The number of nitrogens with zero attached hydrogens (tertiary/aromatic N) is 1. The van der Waals surface area contributed by atoms with Gasteiger partial charge in [0.25, 0.3) is 0 Å². The lowest BCUT2D eigenvalue weighted by molar-refractivity contribution is -0.136. The minimum Gasteiger partial charge on any atom is -0.478 e. The first kappa shape index (κ1) is 14.9. The number of hydrogen-bond donors (Lipinski definition) is 0. The molecule has 1 aromatic heterocycles. The van der Waals surface area contributed by atoms with Crippen LogP contribution >= 0.6 is 11.6 Å². The van der Waals surface area contributed by atoms with Crippen LogP contribution in [0, 0.1) is 0 Å². The third-order valence-corrected chi connectivity index (χ3v) is 3.06. The highest BCUT2D eigenvalue weighted by Crippen LogP contribution is 2.24. The summed E-state index contributed by atoms with van der Waals surface area (Å²) in [5, 5.41) is 0.921. The summed E-state index contributed by atoms with van der Waals surface area (Å²) in [5.41, 5.74) is 1.57. The quantitative estimate of drug-likeness (QED) is 0.590. The molecule has 108 valence electrons. The molecular weight excluding hydrogens is 291 g/mol. The zero-order valence-electron chi connectivity index (χ0n) is 10.6. The third kappa shape index (κ3) is 4.00. The molecule has 20 heavy (non-hydrogen) atoms. The van der Waals surface area contributed by atoms with E-state index in [0.717, 1.165) is 16.5 Å². The lowest BCUT2D eigenvalue weighted by Gasteiger charge is -2.10. The maximum absolute atomic E-state index is 12.0. The average Bonchev–Trinajstić information content (AvgIpc) is 2.41. The molecule has 0 unspecified atom stereocenters.